The third kappa shape index (κ3) is 4.90. The molecule has 2 unspecified atom stereocenters. The van der Waals surface area contributed by atoms with Gasteiger partial charge in [0.25, 0.3) is 0 Å². The molecule has 2 aliphatic heterocycles. The van der Waals surface area contributed by atoms with E-state index < -0.39 is 0 Å². The van der Waals surface area contributed by atoms with E-state index in [4.69, 9.17) is 27.9 Å². The minimum absolute atomic E-state index is 0. The minimum atomic E-state index is 0. The number of likely N-dealkylation sites (tertiary alicyclic amines) is 1. The second-order valence-electron chi connectivity index (χ2n) is 5.94. The first kappa shape index (κ1) is 18.7. The molecule has 0 aliphatic carbocycles. The molecule has 0 saturated carbocycles. The van der Waals surface area contributed by atoms with Crippen LogP contribution in [0.5, 0.6) is 5.75 Å². The monoisotopic (exact) mass is 378 g/mol. The summed E-state index contributed by atoms with van der Waals surface area (Å²) in [6, 6.07) is 6.14. The van der Waals surface area contributed by atoms with E-state index in [9.17, 15) is 4.79 Å². The molecule has 2 bridgehead atoms. The fourth-order valence-corrected chi connectivity index (χ4v) is 3.63. The van der Waals surface area contributed by atoms with Crippen LogP contribution in [-0.2, 0) is 4.79 Å². The van der Waals surface area contributed by atoms with Crippen LogP contribution >= 0.6 is 35.6 Å². The number of ether oxygens (including phenoxy) is 1. The summed E-state index contributed by atoms with van der Waals surface area (Å²) in [4.78, 5) is 14.3. The number of hydrogen-bond acceptors (Lipinski definition) is 3. The Morgan fingerprint density at radius 1 is 1.26 bits per heavy atom. The van der Waals surface area contributed by atoms with E-state index >= 15 is 0 Å². The summed E-state index contributed by atoms with van der Waals surface area (Å²) >= 11 is 11.9. The summed E-state index contributed by atoms with van der Waals surface area (Å²) in [5.41, 5.74) is 0. The van der Waals surface area contributed by atoms with Crippen LogP contribution in [0.4, 0.5) is 0 Å². The van der Waals surface area contributed by atoms with Crippen molar-refractivity contribution in [2.24, 2.45) is 0 Å². The van der Waals surface area contributed by atoms with Crippen molar-refractivity contribution < 1.29 is 9.53 Å². The van der Waals surface area contributed by atoms with Crippen LogP contribution < -0.4 is 10.1 Å². The molecule has 128 valence electrons. The molecule has 1 amide bonds. The lowest BCUT2D eigenvalue weighted by Crippen LogP contribution is -2.39. The van der Waals surface area contributed by atoms with Crippen molar-refractivity contribution >= 4 is 41.5 Å². The Kier molecular flexibility index (Phi) is 6.84. The topological polar surface area (TPSA) is 41.6 Å². The fourth-order valence-electron chi connectivity index (χ4n) is 3.17. The number of benzene rings is 1. The van der Waals surface area contributed by atoms with Gasteiger partial charge in [0.2, 0.25) is 5.91 Å². The van der Waals surface area contributed by atoms with Gasteiger partial charge in [-0.05, 0) is 37.5 Å². The predicted octanol–water partition coefficient (Wildman–Crippen LogP) is 3.54. The summed E-state index contributed by atoms with van der Waals surface area (Å²) in [5.74, 6) is 0.717. The first-order valence-corrected chi connectivity index (χ1v) is 8.49. The van der Waals surface area contributed by atoms with Gasteiger partial charge in [-0.2, -0.15) is 0 Å². The quantitative estimate of drug-likeness (QED) is 0.870. The maximum Gasteiger partial charge on any atom is 0.226 e. The predicted molar refractivity (Wildman–Crippen MR) is 95.0 cm³/mol. The average molecular weight is 380 g/mol. The van der Waals surface area contributed by atoms with E-state index in [1.165, 1.54) is 12.8 Å². The van der Waals surface area contributed by atoms with Crippen molar-refractivity contribution in [1.82, 2.24) is 10.2 Å². The van der Waals surface area contributed by atoms with Crippen molar-refractivity contribution in [3.63, 3.8) is 0 Å². The zero-order chi connectivity index (χ0) is 15.5. The number of amides is 1. The first-order chi connectivity index (χ1) is 10.6. The third-order valence-corrected chi connectivity index (χ3v) is 4.87. The largest absolute Gasteiger partial charge is 0.491 e. The zero-order valence-corrected chi connectivity index (χ0v) is 15.1. The first-order valence-electron chi connectivity index (χ1n) is 7.73. The summed E-state index contributed by atoms with van der Waals surface area (Å²) in [6.07, 6.45) is 3.83. The van der Waals surface area contributed by atoms with Gasteiger partial charge in [0, 0.05) is 30.2 Å². The summed E-state index contributed by atoms with van der Waals surface area (Å²) in [5, 5.41) is 4.62. The molecule has 2 aliphatic rings. The van der Waals surface area contributed by atoms with Gasteiger partial charge < -0.3 is 15.0 Å². The van der Waals surface area contributed by atoms with Crippen molar-refractivity contribution in [2.75, 3.05) is 19.7 Å². The van der Waals surface area contributed by atoms with Crippen molar-refractivity contribution in [2.45, 2.75) is 37.8 Å². The van der Waals surface area contributed by atoms with E-state index in [0.29, 0.717) is 40.9 Å². The van der Waals surface area contributed by atoms with Gasteiger partial charge in [-0.3, -0.25) is 4.79 Å². The number of halogens is 3. The van der Waals surface area contributed by atoms with Crippen LogP contribution in [0.1, 0.15) is 25.7 Å². The molecule has 4 nitrogen and oxygen atoms in total. The third-order valence-electron chi connectivity index (χ3n) is 4.34. The van der Waals surface area contributed by atoms with Gasteiger partial charge in [-0.1, -0.05) is 23.2 Å². The van der Waals surface area contributed by atoms with Crippen molar-refractivity contribution in [3.05, 3.63) is 28.2 Å². The molecule has 0 radical (unpaired) electrons. The molecule has 2 atom stereocenters. The zero-order valence-electron chi connectivity index (χ0n) is 12.8. The van der Waals surface area contributed by atoms with Crippen molar-refractivity contribution in [3.8, 4) is 5.75 Å². The smallest absolute Gasteiger partial charge is 0.226 e. The molecule has 2 saturated heterocycles. The highest BCUT2D eigenvalue weighted by Crippen LogP contribution is 2.27. The maximum atomic E-state index is 12.3. The Bertz CT molecular complexity index is 556. The summed E-state index contributed by atoms with van der Waals surface area (Å²) in [7, 11) is 0. The highest BCUT2D eigenvalue weighted by Gasteiger charge is 2.30. The van der Waals surface area contributed by atoms with E-state index in [1.54, 1.807) is 18.2 Å². The highest BCUT2D eigenvalue weighted by atomic mass is 35.5. The Labute approximate surface area is 152 Å². The van der Waals surface area contributed by atoms with E-state index in [0.717, 1.165) is 19.5 Å². The van der Waals surface area contributed by atoms with Gasteiger partial charge in [0.05, 0.1) is 18.1 Å². The summed E-state index contributed by atoms with van der Waals surface area (Å²) < 4.78 is 5.59. The molecule has 0 spiro atoms. The molecule has 2 fully saturated rings. The Balaban J connectivity index is 0.00000192. The molecule has 7 heteroatoms. The van der Waals surface area contributed by atoms with E-state index in [-0.39, 0.29) is 18.3 Å². The SMILES string of the molecule is Cl.O=C(CCOc1ccc(Cl)cc1Cl)N1CCC2CCC(C1)N2. The second-order valence-corrected chi connectivity index (χ2v) is 6.78. The Morgan fingerprint density at radius 2 is 2.04 bits per heavy atom. The molecule has 1 N–H and O–H groups in total. The number of carbonyl (C=O) groups is 1. The minimum Gasteiger partial charge on any atom is -0.491 e. The fraction of sp³-hybridized carbons (Fsp3) is 0.562. The van der Waals surface area contributed by atoms with Crippen LogP contribution in [0, 0.1) is 0 Å². The number of fused-ring (bicyclic) bond motifs is 2. The lowest BCUT2D eigenvalue weighted by molar-refractivity contribution is -0.131. The van der Waals surface area contributed by atoms with Crippen LogP contribution in [-0.4, -0.2) is 42.6 Å². The molecule has 23 heavy (non-hydrogen) atoms. The number of nitrogens with one attached hydrogen (secondary N) is 1. The molecular formula is C16H21Cl3N2O2. The number of rotatable bonds is 4. The highest BCUT2D eigenvalue weighted by molar-refractivity contribution is 6.35. The van der Waals surface area contributed by atoms with E-state index in [1.807, 2.05) is 4.90 Å². The Morgan fingerprint density at radius 3 is 2.83 bits per heavy atom. The molecule has 1 aromatic carbocycles. The van der Waals surface area contributed by atoms with Gasteiger partial charge in [-0.25, -0.2) is 0 Å². The average Bonchev–Trinajstić information content (AvgIpc) is 2.80. The molecule has 1 aromatic rings. The molecule has 0 aromatic heterocycles. The lowest BCUT2D eigenvalue weighted by atomic mass is 10.1. The molecule has 2 heterocycles. The second kappa shape index (κ2) is 8.43. The van der Waals surface area contributed by atoms with Gasteiger partial charge in [-0.15, -0.1) is 12.4 Å². The van der Waals surface area contributed by atoms with Gasteiger partial charge in [0.1, 0.15) is 5.75 Å². The van der Waals surface area contributed by atoms with Gasteiger partial charge in [0.15, 0.2) is 0 Å². The maximum absolute atomic E-state index is 12.3. The van der Waals surface area contributed by atoms with Crippen LogP contribution in [0.3, 0.4) is 0 Å². The number of hydrogen-bond donors (Lipinski definition) is 1. The molecular weight excluding hydrogens is 359 g/mol. The van der Waals surface area contributed by atoms with Crippen LogP contribution in [0.15, 0.2) is 18.2 Å². The number of carbonyl (C=O) groups excluding carboxylic acids is 1. The standard InChI is InChI=1S/C16H20Cl2N2O2.ClH/c17-11-1-4-15(14(18)9-11)22-8-6-16(21)20-7-5-12-2-3-13(10-20)19-12;/h1,4,9,12-13,19H,2-3,5-8,10H2;1H. The normalized spacial score (nSPS) is 23.1. The number of nitrogens with zero attached hydrogens (tertiary/aromatic N) is 1. The van der Waals surface area contributed by atoms with Crippen molar-refractivity contribution in [1.29, 1.82) is 0 Å². The van der Waals surface area contributed by atoms with Crippen LogP contribution in [0.25, 0.3) is 0 Å². The summed E-state index contributed by atoms with van der Waals surface area (Å²) in [6.45, 7) is 1.99. The molecule has 3 rings (SSSR count). The van der Waals surface area contributed by atoms with Crippen LogP contribution in [0.2, 0.25) is 10.0 Å². The van der Waals surface area contributed by atoms with Gasteiger partial charge >= 0.3 is 0 Å². The van der Waals surface area contributed by atoms with E-state index in [2.05, 4.69) is 5.32 Å². The Hall–Kier alpha value is -0.680. The lowest BCUT2D eigenvalue weighted by Gasteiger charge is -2.24.